The van der Waals surface area contributed by atoms with Crippen LogP contribution in [0.25, 0.3) is 0 Å². The van der Waals surface area contributed by atoms with Crippen LogP contribution >= 0.6 is 27.3 Å². The van der Waals surface area contributed by atoms with E-state index in [9.17, 15) is 0 Å². The minimum Gasteiger partial charge on any atom is -0.311 e. The van der Waals surface area contributed by atoms with E-state index in [1.165, 1.54) is 54.5 Å². The van der Waals surface area contributed by atoms with Crippen LogP contribution in [0.15, 0.2) is 15.9 Å². The number of likely N-dealkylation sites (tertiary alicyclic amines) is 1. The molecule has 2 nitrogen and oxygen atoms in total. The first-order valence-corrected chi connectivity index (χ1v) is 9.18. The van der Waals surface area contributed by atoms with Crippen molar-refractivity contribution in [3.8, 4) is 0 Å². The fourth-order valence-electron chi connectivity index (χ4n) is 3.66. The fourth-order valence-corrected chi connectivity index (χ4v) is 5.08. The number of fused-ring (bicyclic) bond motifs is 1. The highest BCUT2D eigenvalue weighted by Crippen LogP contribution is 2.35. The van der Waals surface area contributed by atoms with Gasteiger partial charge in [0.15, 0.2) is 0 Å². The average molecular weight is 343 g/mol. The van der Waals surface area contributed by atoms with Crippen LogP contribution in [0.5, 0.6) is 0 Å². The topological polar surface area (TPSA) is 15.3 Å². The average Bonchev–Trinajstić information content (AvgIpc) is 3.02. The number of hydrogen-bond acceptors (Lipinski definition) is 3. The Kier molecular flexibility index (Phi) is 4.96. The Morgan fingerprint density at radius 1 is 1.32 bits per heavy atom. The Balaban J connectivity index is 1.38. The first kappa shape index (κ1) is 14.1. The lowest BCUT2D eigenvalue weighted by atomic mass is 9.85. The van der Waals surface area contributed by atoms with E-state index < -0.39 is 0 Å². The maximum Gasteiger partial charge on any atom is 0.0300 e. The van der Waals surface area contributed by atoms with Gasteiger partial charge in [-0.3, -0.25) is 4.90 Å². The van der Waals surface area contributed by atoms with Crippen molar-refractivity contribution in [2.45, 2.75) is 44.7 Å². The summed E-state index contributed by atoms with van der Waals surface area (Å²) in [5.41, 5.74) is 0. The second kappa shape index (κ2) is 6.70. The molecule has 1 aromatic rings. The van der Waals surface area contributed by atoms with Crippen molar-refractivity contribution in [2.75, 3.05) is 19.6 Å². The monoisotopic (exact) mass is 342 g/mol. The van der Waals surface area contributed by atoms with E-state index in [0.717, 1.165) is 25.0 Å². The molecule has 19 heavy (non-hydrogen) atoms. The standard InChI is InChI=1S/C15H23BrN2S/c16-13-9-14(19-11-13)10-17-6-8-18-7-5-12-3-1-2-4-15(12)18/h9,11-12,15,17H,1-8,10H2. The van der Waals surface area contributed by atoms with Crippen LogP contribution in [-0.4, -0.2) is 30.6 Å². The summed E-state index contributed by atoms with van der Waals surface area (Å²) in [6.07, 6.45) is 7.30. The van der Waals surface area contributed by atoms with Gasteiger partial charge in [0.05, 0.1) is 0 Å². The minimum atomic E-state index is 0.909. The van der Waals surface area contributed by atoms with Gasteiger partial charge in [-0.1, -0.05) is 12.8 Å². The Bertz CT molecular complexity index is 407. The normalized spacial score (nSPS) is 27.6. The van der Waals surface area contributed by atoms with E-state index in [2.05, 4.69) is 37.6 Å². The molecule has 2 aliphatic rings. The van der Waals surface area contributed by atoms with Crippen molar-refractivity contribution in [1.29, 1.82) is 0 Å². The summed E-state index contributed by atoms with van der Waals surface area (Å²) in [6.45, 7) is 4.70. The molecule has 0 spiro atoms. The van der Waals surface area contributed by atoms with Crippen molar-refractivity contribution in [1.82, 2.24) is 10.2 Å². The van der Waals surface area contributed by atoms with Crippen LogP contribution in [0.4, 0.5) is 0 Å². The first-order chi connectivity index (χ1) is 9.33. The molecule has 2 unspecified atom stereocenters. The zero-order chi connectivity index (χ0) is 13.1. The van der Waals surface area contributed by atoms with E-state index in [1.54, 1.807) is 0 Å². The van der Waals surface area contributed by atoms with E-state index in [-0.39, 0.29) is 0 Å². The predicted molar refractivity (Wildman–Crippen MR) is 85.7 cm³/mol. The van der Waals surface area contributed by atoms with Crippen molar-refractivity contribution in [3.05, 3.63) is 20.8 Å². The fraction of sp³-hybridized carbons (Fsp3) is 0.733. The molecule has 1 saturated heterocycles. The molecular weight excluding hydrogens is 320 g/mol. The lowest BCUT2D eigenvalue weighted by molar-refractivity contribution is 0.183. The van der Waals surface area contributed by atoms with Crippen molar-refractivity contribution in [2.24, 2.45) is 5.92 Å². The highest BCUT2D eigenvalue weighted by atomic mass is 79.9. The van der Waals surface area contributed by atoms with Crippen LogP contribution < -0.4 is 5.32 Å². The van der Waals surface area contributed by atoms with Gasteiger partial charge < -0.3 is 5.32 Å². The first-order valence-electron chi connectivity index (χ1n) is 7.50. The van der Waals surface area contributed by atoms with Gasteiger partial charge in [0, 0.05) is 40.4 Å². The number of thiophene rings is 1. The third-order valence-electron chi connectivity index (χ3n) is 4.62. The molecule has 0 aromatic carbocycles. The Morgan fingerprint density at radius 3 is 3.05 bits per heavy atom. The molecule has 1 aliphatic heterocycles. The van der Waals surface area contributed by atoms with Gasteiger partial charge in [-0.25, -0.2) is 0 Å². The smallest absolute Gasteiger partial charge is 0.0300 e. The van der Waals surface area contributed by atoms with Crippen LogP contribution in [0, 0.1) is 5.92 Å². The third kappa shape index (κ3) is 3.60. The van der Waals surface area contributed by atoms with Crippen LogP contribution in [0.1, 0.15) is 37.0 Å². The molecule has 0 amide bonds. The second-order valence-electron chi connectivity index (χ2n) is 5.84. The summed E-state index contributed by atoms with van der Waals surface area (Å²) >= 11 is 5.33. The highest BCUT2D eigenvalue weighted by Gasteiger charge is 2.34. The molecule has 0 radical (unpaired) electrons. The zero-order valence-corrected chi connectivity index (χ0v) is 13.8. The predicted octanol–water partition coefficient (Wildman–Crippen LogP) is 3.86. The van der Waals surface area contributed by atoms with Crippen molar-refractivity contribution < 1.29 is 0 Å². The lowest BCUT2D eigenvalue weighted by Crippen LogP contribution is -2.38. The molecule has 2 fully saturated rings. The molecule has 4 heteroatoms. The van der Waals surface area contributed by atoms with Gasteiger partial charge >= 0.3 is 0 Å². The van der Waals surface area contributed by atoms with E-state index >= 15 is 0 Å². The summed E-state index contributed by atoms with van der Waals surface area (Å²) in [6, 6.07) is 3.12. The molecule has 2 heterocycles. The molecule has 3 rings (SSSR count). The van der Waals surface area contributed by atoms with Crippen LogP contribution in [0.3, 0.4) is 0 Å². The number of halogens is 1. The van der Waals surface area contributed by atoms with Gasteiger partial charge in [-0.15, -0.1) is 11.3 Å². The maximum absolute atomic E-state index is 3.59. The molecule has 1 N–H and O–H groups in total. The van der Waals surface area contributed by atoms with E-state index in [1.807, 2.05) is 11.3 Å². The number of nitrogens with zero attached hydrogens (tertiary/aromatic N) is 1. The molecule has 0 bridgehead atoms. The summed E-state index contributed by atoms with van der Waals surface area (Å²) in [7, 11) is 0. The summed E-state index contributed by atoms with van der Waals surface area (Å²) in [5, 5.41) is 5.74. The summed E-state index contributed by atoms with van der Waals surface area (Å²) < 4.78 is 1.21. The Hall–Kier alpha value is 0.1000. The van der Waals surface area contributed by atoms with Gasteiger partial charge in [0.1, 0.15) is 0 Å². The molecule has 106 valence electrons. The number of rotatable bonds is 5. The van der Waals surface area contributed by atoms with Crippen molar-refractivity contribution >= 4 is 27.3 Å². The molecular formula is C15H23BrN2S. The second-order valence-corrected chi connectivity index (χ2v) is 7.76. The van der Waals surface area contributed by atoms with Gasteiger partial charge in [-0.05, 0) is 53.7 Å². The minimum absolute atomic E-state index is 0.909. The summed E-state index contributed by atoms with van der Waals surface area (Å²) in [5.74, 6) is 1.02. The van der Waals surface area contributed by atoms with Crippen molar-refractivity contribution in [3.63, 3.8) is 0 Å². The van der Waals surface area contributed by atoms with Crippen LogP contribution in [-0.2, 0) is 6.54 Å². The van der Waals surface area contributed by atoms with Crippen LogP contribution in [0.2, 0.25) is 0 Å². The molecule has 1 aromatic heterocycles. The maximum atomic E-state index is 3.59. The lowest BCUT2D eigenvalue weighted by Gasteiger charge is -2.31. The largest absolute Gasteiger partial charge is 0.311 e. The Labute approximate surface area is 128 Å². The van der Waals surface area contributed by atoms with Gasteiger partial charge in [0.25, 0.3) is 0 Å². The Morgan fingerprint density at radius 2 is 2.21 bits per heavy atom. The van der Waals surface area contributed by atoms with E-state index in [0.29, 0.717) is 0 Å². The molecule has 1 saturated carbocycles. The number of nitrogens with one attached hydrogen (secondary N) is 1. The zero-order valence-electron chi connectivity index (χ0n) is 11.4. The van der Waals surface area contributed by atoms with Gasteiger partial charge in [-0.2, -0.15) is 0 Å². The molecule has 1 aliphatic carbocycles. The summed E-state index contributed by atoms with van der Waals surface area (Å²) in [4.78, 5) is 4.16. The highest BCUT2D eigenvalue weighted by molar-refractivity contribution is 9.10. The quantitative estimate of drug-likeness (QED) is 0.817. The van der Waals surface area contributed by atoms with Gasteiger partial charge in [0.2, 0.25) is 0 Å². The number of hydrogen-bond donors (Lipinski definition) is 1. The third-order valence-corrected chi connectivity index (χ3v) is 6.32. The SMILES string of the molecule is Brc1csc(CNCCN2CCC3CCCCC32)c1. The molecule has 2 atom stereocenters. The van der Waals surface area contributed by atoms with E-state index in [4.69, 9.17) is 0 Å².